The molecule has 0 aromatic heterocycles. The van der Waals surface area contributed by atoms with Crippen molar-refractivity contribution in [3.63, 3.8) is 0 Å². The Kier molecular flexibility index (Phi) is 6.02. The second-order valence-electron chi connectivity index (χ2n) is 4.27. The fraction of sp³-hybridized carbons (Fsp3) is 0.538. The standard InChI is InChI=1S/C13H22O/c1-10(2)6-7-11(3)12(4)8-9-13(5)14/h8-11,14H,4-7H2,1-3H3/b9-8-/t11-/m0/s1. The minimum atomic E-state index is 0.0854. The lowest BCUT2D eigenvalue weighted by Gasteiger charge is -2.12. The van der Waals surface area contributed by atoms with Crippen molar-refractivity contribution in [1.29, 1.82) is 0 Å². The van der Waals surface area contributed by atoms with Gasteiger partial charge >= 0.3 is 0 Å². The Morgan fingerprint density at radius 3 is 2.14 bits per heavy atom. The summed E-state index contributed by atoms with van der Waals surface area (Å²) in [6.07, 6.45) is 5.80. The third-order valence-corrected chi connectivity index (χ3v) is 2.30. The Labute approximate surface area is 87.8 Å². The van der Waals surface area contributed by atoms with Gasteiger partial charge in [-0.25, -0.2) is 0 Å². The van der Waals surface area contributed by atoms with Gasteiger partial charge in [-0.1, -0.05) is 52.0 Å². The van der Waals surface area contributed by atoms with Crippen LogP contribution in [0.1, 0.15) is 33.6 Å². The molecule has 0 fully saturated rings. The molecule has 0 aliphatic rings. The number of allylic oxidation sites excluding steroid dienone is 3. The molecule has 1 nitrogen and oxygen atoms in total. The maximum absolute atomic E-state index is 8.88. The highest BCUT2D eigenvalue weighted by molar-refractivity contribution is 5.22. The molecule has 80 valence electrons. The molecular formula is C13H22O. The number of aliphatic hydroxyl groups excluding tert-OH is 1. The summed E-state index contributed by atoms with van der Waals surface area (Å²) in [6, 6.07) is 0. The summed E-state index contributed by atoms with van der Waals surface area (Å²) >= 11 is 0. The van der Waals surface area contributed by atoms with Crippen molar-refractivity contribution >= 4 is 0 Å². The van der Waals surface area contributed by atoms with Crippen LogP contribution >= 0.6 is 0 Å². The second kappa shape index (κ2) is 6.47. The largest absolute Gasteiger partial charge is 0.509 e. The molecule has 0 rings (SSSR count). The molecule has 0 heterocycles. The molecule has 0 bridgehead atoms. The molecular weight excluding hydrogens is 172 g/mol. The van der Waals surface area contributed by atoms with Gasteiger partial charge in [0.05, 0.1) is 0 Å². The SMILES string of the molecule is C=C(O)/C=C\C(=C)[C@@H](C)CCC(C)C. The lowest BCUT2D eigenvalue weighted by molar-refractivity contribution is 0.435. The fourth-order valence-corrected chi connectivity index (χ4v) is 1.14. The third-order valence-electron chi connectivity index (χ3n) is 2.30. The monoisotopic (exact) mass is 194 g/mol. The van der Waals surface area contributed by atoms with E-state index in [-0.39, 0.29) is 5.76 Å². The van der Waals surface area contributed by atoms with Crippen molar-refractivity contribution < 1.29 is 5.11 Å². The first kappa shape index (κ1) is 13.0. The van der Waals surface area contributed by atoms with Gasteiger partial charge in [0, 0.05) is 0 Å². The Hall–Kier alpha value is -0.980. The van der Waals surface area contributed by atoms with Crippen molar-refractivity contribution in [2.75, 3.05) is 0 Å². The smallest absolute Gasteiger partial charge is 0.108 e. The Bertz CT molecular complexity index is 223. The van der Waals surface area contributed by atoms with Crippen molar-refractivity contribution in [2.24, 2.45) is 11.8 Å². The van der Waals surface area contributed by atoms with Crippen LogP contribution in [0, 0.1) is 11.8 Å². The molecule has 0 spiro atoms. The summed E-state index contributed by atoms with van der Waals surface area (Å²) in [6.45, 7) is 14.0. The molecule has 0 aromatic rings. The lowest BCUT2D eigenvalue weighted by atomic mass is 9.93. The van der Waals surface area contributed by atoms with E-state index < -0.39 is 0 Å². The van der Waals surface area contributed by atoms with E-state index in [2.05, 4.69) is 33.9 Å². The molecule has 0 aliphatic carbocycles. The van der Waals surface area contributed by atoms with E-state index in [4.69, 9.17) is 5.11 Å². The van der Waals surface area contributed by atoms with Gasteiger partial charge in [-0.05, 0) is 24.3 Å². The van der Waals surface area contributed by atoms with Gasteiger partial charge < -0.3 is 5.11 Å². The highest BCUT2D eigenvalue weighted by Gasteiger charge is 2.05. The van der Waals surface area contributed by atoms with Crippen LogP contribution < -0.4 is 0 Å². The molecule has 14 heavy (non-hydrogen) atoms. The summed E-state index contributed by atoms with van der Waals surface area (Å²) in [5, 5.41) is 8.88. The van der Waals surface area contributed by atoms with Crippen LogP contribution in [-0.4, -0.2) is 5.11 Å². The quantitative estimate of drug-likeness (QED) is 0.495. The van der Waals surface area contributed by atoms with Gasteiger partial charge in [0.15, 0.2) is 0 Å². The van der Waals surface area contributed by atoms with E-state index in [0.717, 1.165) is 17.9 Å². The lowest BCUT2D eigenvalue weighted by Crippen LogP contribution is -1.99. The van der Waals surface area contributed by atoms with Crippen LogP contribution in [0.3, 0.4) is 0 Å². The second-order valence-corrected chi connectivity index (χ2v) is 4.27. The zero-order valence-corrected chi connectivity index (χ0v) is 9.59. The highest BCUT2D eigenvalue weighted by atomic mass is 16.3. The van der Waals surface area contributed by atoms with Crippen molar-refractivity contribution in [3.8, 4) is 0 Å². The molecule has 0 unspecified atom stereocenters. The summed E-state index contributed by atoms with van der Waals surface area (Å²) in [4.78, 5) is 0. The van der Waals surface area contributed by atoms with Crippen molar-refractivity contribution in [1.82, 2.24) is 0 Å². The molecule has 1 heteroatoms. The summed E-state index contributed by atoms with van der Waals surface area (Å²) in [5.41, 5.74) is 1.06. The van der Waals surface area contributed by atoms with Crippen LogP contribution in [0.5, 0.6) is 0 Å². The molecule has 1 atom stereocenters. The molecule has 1 N–H and O–H groups in total. The molecule has 0 saturated carbocycles. The molecule has 0 aliphatic heterocycles. The summed E-state index contributed by atoms with van der Waals surface area (Å²) in [5.74, 6) is 1.30. The molecule has 0 amide bonds. The Morgan fingerprint density at radius 2 is 1.71 bits per heavy atom. The average molecular weight is 194 g/mol. The predicted octanol–water partition coefficient (Wildman–Crippen LogP) is 4.24. The van der Waals surface area contributed by atoms with E-state index in [0.29, 0.717) is 5.92 Å². The van der Waals surface area contributed by atoms with E-state index in [1.54, 1.807) is 6.08 Å². The zero-order chi connectivity index (χ0) is 11.1. The first-order valence-corrected chi connectivity index (χ1v) is 5.18. The highest BCUT2D eigenvalue weighted by Crippen LogP contribution is 2.19. The Morgan fingerprint density at radius 1 is 1.14 bits per heavy atom. The van der Waals surface area contributed by atoms with Crippen LogP contribution in [-0.2, 0) is 0 Å². The number of hydrogen-bond donors (Lipinski definition) is 1. The topological polar surface area (TPSA) is 20.2 Å². The number of rotatable bonds is 6. The van der Waals surface area contributed by atoms with Crippen LogP contribution in [0.4, 0.5) is 0 Å². The summed E-state index contributed by atoms with van der Waals surface area (Å²) in [7, 11) is 0. The maximum atomic E-state index is 8.88. The van der Waals surface area contributed by atoms with Crippen molar-refractivity contribution in [3.05, 3.63) is 36.6 Å². The van der Waals surface area contributed by atoms with E-state index in [1.807, 2.05) is 6.08 Å². The third kappa shape index (κ3) is 6.53. The van der Waals surface area contributed by atoms with Crippen molar-refractivity contribution in [2.45, 2.75) is 33.6 Å². The molecule has 0 aromatic carbocycles. The fourth-order valence-electron chi connectivity index (χ4n) is 1.14. The van der Waals surface area contributed by atoms with Crippen LogP contribution in [0.15, 0.2) is 36.6 Å². The first-order chi connectivity index (χ1) is 6.43. The van der Waals surface area contributed by atoms with Crippen LogP contribution in [0.2, 0.25) is 0 Å². The number of hydrogen-bond acceptors (Lipinski definition) is 1. The van der Waals surface area contributed by atoms with E-state index >= 15 is 0 Å². The molecule has 0 radical (unpaired) electrons. The van der Waals surface area contributed by atoms with Gasteiger partial charge in [0.1, 0.15) is 5.76 Å². The maximum Gasteiger partial charge on any atom is 0.108 e. The number of aliphatic hydroxyl groups is 1. The normalized spacial score (nSPS) is 13.4. The molecule has 0 saturated heterocycles. The van der Waals surface area contributed by atoms with Gasteiger partial charge in [0.25, 0.3) is 0 Å². The van der Waals surface area contributed by atoms with E-state index in [9.17, 15) is 0 Å². The van der Waals surface area contributed by atoms with E-state index in [1.165, 1.54) is 6.42 Å². The van der Waals surface area contributed by atoms with Crippen LogP contribution in [0.25, 0.3) is 0 Å². The predicted molar refractivity (Wildman–Crippen MR) is 63.3 cm³/mol. The van der Waals surface area contributed by atoms with Gasteiger partial charge in [-0.2, -0.15) is 0 Å². The zero-order valence-electron chi connectivity index (χ0n) is 9.59. The van der Waals surface area contributed by atoms with Gasteiger partial charge in [-0.15, -0.1) is 0 Å². The Balaban J connectivity index is 3.93. The van der Waals surface area contributed by atoms with Gasteiger partial charge in [-0.3, -0.25) is 0 Å². The average Bonchev–Trinajstić information content (AvgIpc) is 2.09. The minimum Gasteiger partial charge on any atom is -0.509 e. The summed E-state index contributed by atoms with van der Waals surface area (Å²) < 4.78 is 0. The first-order valence-electron chi connectivity index (χ1n) is 5.18. The minimum absolute atomic E-state index is 0.0854. The van der Waals surface area contributed by atoms with Gasteiger partial charge in [0.2, 0.25) is 0 Å².